The predicted molar refractivity (Wildman–Crippen MR) is 94.2 cm³/mol. The fourth-order valence-electron chi connectivity index (χ4n) is 4.01. The van der Waals surface area contributed by atoms with E-state index >= 15 is 0 Å². The Morgan fingerprint density at radius 1 is 1.21 bits per heavy atom. The van der Waals surface area contributed by atoms with E-state index in [-0.39, 0.29) is 36.8 Å². The van der Waals surface area contributed by atoms with E-state index in [1.54, 1.807) is 18.2 Å². The number of carboxylic acids is 1. The molecule has 9 nitrogen and oxygen atoms in total. The second-order valence-electron chi connectivity index (χ2n) is 7.43. The van der Waals surface area contributed by atoms with Crippen molar-refractivity contribution in [1.82, 2.24) is 15.5 Å². The Hall–Kier alpha value is -3.23. The normalized spacial score (nSPS) is 22.9. The van der Waals surface area contributed by atoms with Gasteiger partial charge in [-0.3, -0.25) is 24.5 Å². The summed E-state index contributed by atoms with van der Waals surface area (Å²) in [5, 5.41) is 14.3. The van der Waals surface area contributed by atoms with Crippen molar-refractivity contribution in [2.24, 2.45) is 0 Å². The zero-order valence-corrected chi connectivity index (χ0v) is 15.0. The van der Waals surface area contributed by atoms with Gasteiger partial charge in [-0.1, -0.05) is 6.07 Å². The van der Waals surface area contributed by atoms with Crippen molar-refractivity contribution in [1.29, 1.82) is 0 Å². The van der Waals surface area contributed by atoms with Gasteiger partial charge in [-0.05, 0) is 43.4 Å². The molecule has 28 heavy (non-hydrogen) atoms. The number of imide groups is 1. The van der Waals surface area contributed by atoms with Crippen LogP contribution in [0.2, 0.25) is 0 Å². The molecule has 0 aromatic heterocycles. The van der Waals surface area contributed by atoms with E-state index in [0.717, 1.165) is 6.42 Å². The van der Waals surface area contributed by atoms with E-state index < -0.39 is 29.4 Å². The highest BCUT2D eigenvalue weighted by molar-refractivity contribution is 6.08. The fourth-order valence-corrected chi connectivity index (χ4v) is 4.01. The summed E-state index contributed by atoms with van der Waals surface area (Å²) in [4.78, 5) is 62.0. The van der Waals surface area contributed by atoms with Crippen molar-refractivity contribution in [3.63, 3.8) is 0 Å². The third kappa shape index (κ3) is 2.74. The van der Waals surface area contributed by atoms with Crippen LogP contribution < -0.4 is 10.6 Å². The number of carboxylic acid groups (broad SMARTS) is 1. The molecule has 1 aromatic rings. The molecule has 2 heterocycles. The minimum atomic E-state index is -1.26. The molecule has 1 aromatic carbocycles. The van der Waals surface area contributed by atoms with Gasteiger partial charge in [0.1, 0.15) is 11.6 Å². The van der Waals surface area contributed by atoms with Crippen LogP contribution in [0.25, 0.3) is 0 Å². The standard InChI is InChI=1S/C19H19N3O6/c23-14-6-5-13(16(25)20-14)22-9-12-10(3-1-4-11(12)17(22)26)15(24)21-19(18(27)28)7-2-8-19/h1,3-4,13H,2,5-9H2,(H,21,24)(H,27,28)(H,20,23,25). The van der Waals surface area contributed by atoms with Gasteiger partial charge in [-0.25, -0.2) is 4.79 Å². The number of piperidine rings is 1. The molecule has 1 saturated carbocycles. The van der Waals surface area contributed by atoms with Gasteiger partial charge < -0.3 is 15.3 Å². The predicted octanol–water partition coefficient (Wildman–Crippen LogP) is 0.185. The van der Waals surface area contributed by atoms with Crippen molar-refractivity contribution in [2.45, 2.75) is 50.2 Å². The number of nitrogens with one attached hydrogen (secondary N) is 2. The molecule has 1 atom stereocenters. The highest BCUT2D eigenvalue weighted by atomic mass is 16.4. The van der Waals surface area contributed by atoms with Crippen LogP contribution in [0.15, 0.2) is 18.2 Å². The first-order chi connectivity index (χ1) is 13.3. The summed E-state index contributed by atoms with van der Waals surface area (Å²) >= 11 is 0. The number of fused-ring (bicyclic) bond motifs is 1. The van der Waals surface area contributed by atoms with Crippen LogP contribution in [0.1, 0.15) is 58.4 Å². The maximum Gasteiger partial charge on any atom is 0.329 e. The summed E-state index contributed by atoms with van der Waals surface area (Å²) in [6.45, 7) is 0.0596. The topological polar surface area (TPSA) is 133 Å². The van der Waals surface area contributed by atoms with E-state index in [0.29, 0.717) is 24.0 Å². The summed E-state index contributed by atoms with van der Waals surface area (Å²) in [6.07, 6.45) is 1.83. The Balaban J connectivity index is 1.59. The minimum absolute atomic E-state index is 0.0596. The maximum absolute atomic E-state index is 12.8. The lowest BCUT2D eigenvalue weighted by molar-refractivity contribution is -0.148. The van der Waals surface area contributed by atoms with Gasteiger partial charge in [0.15, 0.2) is 0 Å². The van der Waals surface area contributed by atoms with Crippen molar-refractivity contribution < 1.29 is 29.1 Å². The molecule has 0 radical (unpaired) electrons. The van der Waals surface area contributed by atoms with E-state index in [1.807, 2.05) is 0 Å². The smallest absolute Gasteiger partial charge is 0.329 e. The maximum atomic E-state index is 12.8. The van der Waals surface area contributed by atoms with E-state index in [4.69, 9.17) is 0 Å². The number of carbonyl (C=O) groups excluding carboxylic acids is 4. The molecule has 0 bridgehead atoms. The van der Waals surface area contributed by atoms with E-state index in [9.17, 15) is 29.1 Å². The fraction of sp³-hybridized carbons (Fsp3) is 0.421. The lowest BCUT2D eigenvalue weighted by Gasteiger charge is -2.38. The molecule has 9 heteroatoms. The molecule has 3 N–H and O–H groups in total. The van der Waals surface area contributed by atoms with Crippen LogP contribution in [0.3, 0.4) is 0 Å². The van der Waals surface area contributed by atoms with Crippen LogP contribution in [0.5, 0.6) is 0 Å². The Bertz CT molecular complexity index is 920. The average Bonchev–Trinajstić information content (AvgIpc) is 2.94. The molecule has 4 rings (SSSR count). The van der Waals surface area contributed by atoms with Crippen molar-refractivity contribution >= 4 is 29.6 Å². The monoisotopic (exact) mass is 385 g/mol. The van der Waals surface area contributed by atoms with E-state index in [1.165, 1.54) is 4.90 Å². The quantitative estimate of drug-likeness (QED) is 0.634. The number of amides is 4. The van der Waals surface area contributed by atoms with Gasteiger partial charge in [-0.15, -0.1) is 0 Å². The molecular weight excluding hydrogens is 366 g/mol. The number of carbonyl (C=O) groups is 5. The number of hydrogen-bond acceptors (Lipinski definition) is 5. The molecule has 1 saturated heterocycles. The van der Waals surface area contributed by atoms with Gasteiger partial charge in [0.25, 0.3) is 11.8 Å². The number of aliphatic carboxylic acids is 1. The average molecular weight is 385 g/mol. The van der Waals surface area contributed by atoms with Crippen molar-refractivity contribution in [3.8, 4) is 0 Å². The van der Waals surface area contributed by atoms with Gasteiger partial charge in [-0.2, -0.15) is 0 Å². The van der Waals surface area contributed by atoms with Gasteiger partial charge in [0, 0.05) is 24.1 Å². The summed E-state index contributed by atoms with van der Waals surface area (Å²) in [5.74, 6) is -2.89. The van der Waals surface area contributed by atoms with Crippen LogP contribution in [0, 0.1) is 0 Å². The second-order valence-corrected chi connectivity index (χ2v) is 7.43. The van der Waals surface area contributed by atoms with E-state index in [2.05, 4.69) is 10.6 Å². The lowest BCUT2D eigenvalue weighted by atomic mass is 9.76. The van der Waals surface area contributed by atoms with Crippen molar-refractivity contribution in [3.05, 3.63) is 34.9 Å². The Kier molecular flexibility index (Phi) is 4.17. The van der Waals surface area contributed by atoms with Crippen LogP contribution in [-0.2, 0) is 20.9 Å². The molecule has 3 aliphatic rings. The van der Waals surface area contributed by atoms with Crippen LogP contribution >= 0.6 is 0 Å². The number of rotatable bonds is 4. The lowest BCUT2D eigenvalue weighted by Crippen LogP contribution is -2.59. The molecule has 2 fully saturated rings. The van der Waals surface area contributed by atoms with Crippen molar-refractivity contribution in [2.75, 3.05) is 0 Å². The first kappa shape index (κ1) is 18.1. The first-order valence-electron chi connectivity index (χ1n) is 9.15. The largest absolute Gasteiger partial charge is 0.480 e. The molecule has 0 spiro atoms. The van der Waals surface area contributed by atoms with Crippen LogP contribution in [-0.4, -0.2) is 51.2 Å². The first-order valence-corrected chi connectivity index (χ1v) is 9.15. The highest BCUT2D eigenvalue weighted by Crippen LogP contribution is 2.34. The SMILES string of the molecule is O=C1CCC(N2Cc3c(C(=O)NC4(C(=O)O)CCC4)cccc3C2=O)C(=O)N1. The zero-order valence-electron chi connectivity index (χ0n) is 15.0. The summed E-state index contributed by atoms with van der Waals surface area (Å²) in [7, 11) is 0. The highest BCUT2D eigenvalue weighted by Gasteiger charge is 2.46. The third-order valence-corrected chi connectivity index (χ3v) is 5.80. The zero-order chi connectivity index (χ0) is 20.1. The van der Waals surface area contributed by atoms with Gasteiger partial charge >= 0.3 is 5.97 Å². The molecule has 4 amide bonds. The number of benzene rings is 1. The molecule has 1 aliphatic carbocycles. The molecular formula is C19H19N3O6. The third-order valence-electron chi connectivity index (χ3n) is 5.80. The second kappa shape index (κ2) is 6.43. The Labute approximate surface area is 160 Å². The number of hydrogen-bond donors (Lipinski definition) is 3. The summed E-state index contributed by atoms with van der Waals surface area (Å²) < 4.78 is 0. The molecule has 146 valence electrons. The van der Waals surface area contributed by atoms with Crippen LogP contribution in [0.4, 0.5) is 0 Å². The van der Waals surface area contributed by atoms with Gasteiger partial charge in [0.05, 0.1) is 0 Å². The molecule has 2 aliphatic heterocycles. The summed E-state index contributed by atoms with van der Waals surface area (Å²) in [5.41, 5.74) is -0.246. The Morgan fingerprint density at radius 2 is 1.96 bits per heavy atom. The minimum Gasteiger partial charge on any atom is -0.480 e. The van der Waals surface area contributed by atoms with Gasteiger partial charge in [0.2, 0.25) is 11.8 Å². The Morgan fingerprint density at radius 3 is 2.57 bits per heavy atom. The molecule has 1 unspecified atom stereocenters. The summed E-state index contributed by atoms with van der Waals surface area (Å²) in [6, 6.07) is 3.92. The number of nitrogens with zero attached hydrogens (tertiary/aromatic N) is 1.